The van der Waals surface area contributed by atoms with Gasteiger partial charge in [0.2, 0.25) is 0 Å². The lowest BCUT2D eigenvalue weighted by Crippen LogP contribution is -2.38. The molecule has 0 aliphatic rings. The summed E-state index contributed by atoms with van der Waals surface area (Å²) in [5, 5.41) is 16.7. The van der Waals surface area contributed by atoms with Crippen LogP contribution < -0.4 is 20.1 Å². The van der Waals surface area contributed by atoms with Crippen molar-refractivity contribution >= 4 is 6.21 Å². The number of phenols is 1. The van der Waals surface area contributed by atoms with Gasteiger partial charge >= 0.3 is 0 Å². The van der Waals surface area contributed by atoms with Gasteiger partial charge in [-0.2, -0.15) is 0 Å². The lowest BCUT2D eigenvalue weighted by Gasteiger charge is -2.22. The lowest BCUT2D eigenvalue weighted by molar-refractivity contribution is 0.279. The number of aliphatic imine (C=N–C) groups is 1. The smallest absolute Gasteiger partial charge is 0.119 e. The second-order valence-corrected chi connectivity index (χ2v) is 8.53. The molecule has 7 nitrogen and oxygen atoms in total. The van der Waals surface area contributed by atoms with Gasteiger partial charge in [0.1, 0.15) is 17.2 Å². The SMILES string of the molecule is COc1cccc(CNCCN(CCN=Cc2cccc(O)c2)CCNCc2cccc(OC)c2)c1. The highest BCUT2D eigenvalue weighted by Gasteiger charge is 2.05. The Labute approximate surface area is 214 Å². The highest BCUT2D eigenvalue weighted by molar-refractivity contribution is 5.80. The first-order chi connectivity index (χ1) is 17.7. The average molecular weight is 491 g/mol. The largest absolute Gasteiger partial charge is 0.508 e. The van der Waals surface area contributed by atoms with Crippen LogP contribution in [0.15, 0.2) is 77.8 Å². The Balaban J connectivity index is 1.45. The van der Waals surface area contributed by atoms with E-state index in [0.717, 1.165) is 62.9 Å². The van der Waals surface area contributed by atoms with Crippen molar-refractivity contribution in [2.45, 2.75) is 13.1 Å². The van der Waals surface area contributed by atoms with Crippen LogP contribution in [-0.4, -0.2) is 69.7 Å². The first-order valence-corrected chi connectivity index (χ1v) is 12.3. The second-order valence-electron chi connectivity index (χ2n) is 8.53. The normalized spacial score (nSPS) is 11.3. The van der Waals surface area contributed by atoms with Crippen LogP contribution in [0.5, 0.6) is 17.2 Å². The minimum atomic E-state index is 0.254. The van der Waals surface area contributed by atoms with Crippen molar-refractivity contribution in [2.24, 2.45) is 4.99 Å². The minimum absolute atomic E-state index is 0.254. The molecule has 0 saturated carbocycles. The molecular weight excluding hydrogens is 452 g/mol. The highest BCUT2D eigenvalue weighted by Crippen LogP contribution is 2.13. The second kappa shape index (κ2) is 15.6. The van der Waals surface area contributed by atoms with E-state index in [2.05, 4.69) is 44.8 Å². The fourth-order valence-corrected chi connectivity index (χ4v) is 3.81. The maximum absolute atomic E-state index is 9.62. The fourth-order valence-electron chi connectivity index (χ4n) is 3.81. The predicted octanol–water partition coefficient (Wildman–Crippen LogP) is 3.71. The van der Waals surface area contributed by atoms with Gasteiger partial charge in [0, 0.05) is 52.0 Å². The van der Waals surface area contributed by atoms with Crippen molar-refractivity contribution in [1.82, 2.24) is 15.5 Å². The summed E-state index contributed by atoms with van der Waals surface area (Å²) in [5.41, 5.74) is 3.31. The summed E-state index contributed by atoms with van der Waals surface area (Å²) in [4.78, 5) is 6.98. The Morgan fingerprint density at radius 1 is 0.778 bits per heavy atom. The van der Waals surface area contributed by atoms with E-state index in [1.165, 1.54) is 11.1 Å². The summed E-state index contributed by atoms with van der Waals surface area (Å²) in [6.45, 7) is 6.76. The van der Waals surface area contributed by atoms with E-state index in [0.29, 0.717) is 6.54 Å². The van der Waals surface area contributed by atoms with Gasteiger partial charge in [-0.05, 0) is 53.1 Å². The summed E-state index contributed by atoms with van der Waals surface area (Å²) >= 11 is 0. The van der Waals surface area contributed by atoms with Gasteiger partial charge in [0.05, 0.1) is 20.8 Å². The number of ether oxygens (including phenoxy) is 2. The van der Waals surface area contributed by atoms with Crippen molar-refractivity contribution in [1.29, 1.82) is 0 Å². The molecule has 192 valence electrons. The van der Waals surface area contributed by atoms with Crippen LogP contribution in [0, 0.1) is 0 Å². The molecule has 3 aromatic rings. The molecule has 3 aromatic carbocycles. The van der Waals surface area contributed by atoms with Crippen LogP contribution in [0.25, 0.3) is 0 Å². The number of hydrogen-bond acceptors (Lipinski definition) is 7. The minimum Gasteiger partial charge on any atom is -0.508 e. The molecule has 0 bridgehead atoms. The zero-order valence-corrected chi connectivity index (χ0v) is 21.3. The molecule has 7 heteroatoms. The molecule has 0 aliphatic heterocycles. The highest BCUT2D eigenvalue weighted by atomic mass is 16.5. The topological polar surface area (TPSA) is 78.4 Å². The van der Waals surface area contributed by atoms with Gasteiger partial charge in [-0.3, -0.25) is 9.89 Å². The summed E-state index contributed by atoms with van der Waals surface area (Å²) in [7, 11) is 3.38. The number of aromatic hydroxyl groups is 1. The van der Waals surface area contributed by atoms with Crippen LogP contribution in [0.4, 0.5) is 0 Å². The van der Waals surface area contributed by atoms with E-state index in [4.69, 9.17) is 9.47 Å². The van der Waals surface area contributed by atoms with Crippen LogP contribution in [0.2, 0.25) is 0 Å². The van der Waals surface area contributed by atoms with Crippen LogP contribution in [0.3, 0.4) is 0 Å². The van der Waals surface area contributed by atoms with Crippen molar-refractivity contribution in [2.75, 3.05) is 53.5 Å². The Morgan fingerprint density at radius 2 is 1.36 bits per heavy atom. The molecule has 0 fully saturated rings. The van der Waals surface area contributed by atoms with E-state index in [1.54, 1.807) is 26.4 Å². The van der Waals surface area contributed by atoms with Crippen molar-refractivity contribution in [3.63, 3.8) is 0 Å². The van der Waals surface area contributed by atoms with E-state index in [1.807, 2.05) is 42.6 Å². The third kappa shape index (κ3) is 10.1. The molecule has 0 saturated heterocycles. The number of phenolic OH excluding ortho intramolecular Hbond substituents is 1. The molecule has 0 radical (unpaired) electrons. The fraction of sp³-hybridized carbons (Fsp3) is 0.345. The third-order valence-electron chi connectivity index (χ3n) is 5.79. The number of nitrogens with one attached hydrogen (secondary N) is 2. The molecule has 0 spiro atoms. The molecule has 0 unspecified atom stereocenters. The first kappa shape index (κ1) is 27.2. The van der Waals surface area contributed by atoms with E-state index < -0.39 is 0 Å². The van der Waals surface area contributed by atoms with Gasteiger partial charge in [0.25, 0.3) is 0 Å². The number of benzene rings is 3. The Bertz CT molecular complexity index is 1020. The molecule has 0 atom stereocenters. The van der Waals surface area contributed by atoms with E-state index in [9.17, 15) is 5.11 Å². The van der Waals surface area contributed by atoms with Gasteiger partial charge in [-0.1, -0.05) is 36.4 Å². The van der Waals surface area contributed by atoms with Crippen LogP contribution in [0.1, 0.15) is 16.7 Å². The number of hydrogen-bond donors (Lipinski definition) is 3. The molecular formula is C29H38N4O3. The monoisotopic (exact) mass is 490 g/mol. The maximum Gasteiger partial charge on any atom is 0.119 e. The number of nitrogens with zero attached hydrogens (tertiary/aromatic N) is 2. The standard InChI is InChI=1S/C29H38N4O3/c1-35-28-10-4-7-25(19-28)22-31-13-16-33(15-12-30-21-24-6-3-9-27(34)18-24)17-14-32-23-26-8-5-11-29(20-26)36-2/h3-11,18-21,31-32,34H,12-17,22-23H2,1-2H3. The zero-order chi connectivity index (χ0) is 25.4. The van der Waals surface area contributed by atoms with Gasteiger partial charge < -0.3 is 25.2 Å². The van der Waals surface area contributed by atoms with Crippen molar-refractivity contribution < 1.29 is 14.6 Å². The number of methoxy groups -OCH3 is 2. The summed E-state index contributed by atoms with van der Waals surface area (Å²) in [5.74, 6) is 2.01. The van der Waals surface area contributed by atoms with Crippen LogP contribution in [-0.2, 0) is 13.1 Å². The van der Waals surface area contributed by atoms with Gasteiger partial charge in [-0.15, -0.1) is 0 Å². The van der Waals surface area contributed by atoms with Gasteiger partial charge in [-0.25, -0.2) is 0 Å². The lowest BCUT2D eigenvalue weighted by atomic mass is 10.2. The molecule has 0 heterocycles. The van der Waals surface area contributed by atoms with Crippen molar-refractivity contribution in [3.05, 3.63) is 89.5 Å². The Hall–Kier alpha value is -3.39. The van der Waals surface area contributed by atoms with Gasteiger partial charge in [0.15, 0.2) is 0 Å². The summed E-state index contributed by atoms with van der Waals surface area (Å²) < 4.78 is 10.6. The zero-order valence-electron chi connectivity index (χ0n) is 21.3. The third-order valence-corrected chi connectivity index (χ3v) is 5.79. The molecule has 3 N–H and O–H groups in total. The Morgan fingerprint density at radius 3 is 1.92 bits per heavy atom. The molecule has 36 heavy (non-hydrogen) atoms. The quantitative estimate of drug-likeness (QED) is 0.210. The summed E-state index contributed by atoms with van der Waals surface area (Å²) in [6, 6.07) is 23.4. The molecule has 3 rings (SSSR count). The number of rotatable bonds is 16. The van der Waals surface area contributed by atoms with E-state index >= 15 is 0 Å². The maximum atomic E-state index is 9.62. The predicted molar refractivity (Wildman–Crippen MR) is 146 cm³/mol. The Kier molecular flexibility index (Phi) is 11.8. The first-order valence-electron chi connectivity index (χ1n) is 12.3. The van der Waals surface area contributed by atoms with E-state index in [-0.39, 0.29) is 5.75 Å². The average Bonchev–Trinajstić information content (AvgIpc) is 2.91. The van der Waals surface area contributed by atoms with Crippen LogP contribution >= 0.6 is 0 Å². The summed E-state index contributed by atoms with van der Waals surface area (Å²) in [6.07, 6.45) is 1.82. The molecule has 0 aliphatic carbocycles. The molecule has 0 amide bonds. The molecule has 0 aromatic heterocycles. The van der Waals surface area contributed by atoms with Crippen molar-refractivity contribution in [3.8, 4) is 17.2 Å².